The summed E-state index contributed by atoms with van der Waals surface area (Å²) in [7, 11) is 1.30. The van der Waals surface area contributed by atoms with Crippen molar-refractivity contribution in [1.82, 2.24) is 0 Å². The molecule has 4 rings (SSSR count). The van der Waals surface area contributed by atoms with E-state index in [-0.39, 0.29) is 17.1 Å². The first-order valence-electron chi connectivity index (χ1n) is 7.35. The van der Waals surface area contributed by atoms with Gasteiger partial charge in [-0.15, -0.1) is 0 Å². The summed E-state index contributed by atoms with van der Waals surface area (Å²) in [5, 5.41) is 0. The maximum Gasteiger partial charge on any atom is 0.0379 e. The summed E-state index contributed by atoms with van der Waals surface area (Å²) in [6.07, 6.45) is 14.4. The fourth-order valence-electron chi connectivity index (χ4n) is 2.22. The van der Waals surface area contributed by atoms with Crippen LogP contribution in [0.25, 0.3) is 0 Å². The smallest absolute Gasteiger partial charge is 0.0379 e. The van der Waals surface area contributed by atoms with E-state index < -0.39 is 0 Å². The second-order valence-corrected chi connectivity index (χ2v) is 6.10. The summed E-state index contributed by atoms with van der Waals surface area (Å²) >= 11 is 0. The first-order chi connectivity index (χ1) is 10.9. The largest absolute Gasteiger partial charge is 0.0622 e. The predicted octanol–water partition coefficient (Wildman–Crippen LogP) is 5.53. The van der Waals surface area contributed by atoms with E-state index in [0.717, 1.165) is 0 Å². The van der Waals surface area contributed by atoms with Crippen molar-refractivity contribution in [3.8, 4) is 0 Å². The molecule has 2 fully saturated rings. The molecule has 0 N–H and O–H groups in total. The summed E-state index contributed by atoms with van der Waals surface area (Å²) < 4.78 is 0. The molecular formula is C21H17FeP. The Morgan fingerprint density at radius 1 is 0.478 bits per heavy atom. The molecule has 114 valence electrons. The minimum absolute atomic E-state index is 0. The van der Waals surface area contributed by atoms with Gasteiger partial charge in [-0.3, -0.25) is 0 Å². The summed E-state index contributed by atoms with van der Waals surface area (Å²) in [6.45, 7) is 0. The Hall–Kier alpha value is -0.611. The van der Waals surface area contributed by atoms with Crippen molar-refractivity contribution in [1.29, 1.82) is 0 Å². The van der Waals surface area contributed by atoms with Crippen molar-refractivity contribution in [3.63, 3.8) is 0 Å². The van der Waals surface area contributed by atoms with Crippen LogP contribution in [0, 0.1) is 56.3 Å². The first kappa shape index (κ1) is 18.7. The minimum atomic E-state index is 0. The Bertz CT molecular complexity index is 483. The molecule has 1 heterocycles. The molecule has 0 amide bonds. The zero-order valence-corrected chi connectivity index (χ0v) is 14.6. The fraction of sp³-hybridized carbons (Fsp3) is 0. The molecule has 1 aliphatic carbocycles. The van der Waals surface area contributed by atoms with Crippen molar-refractivity contribution in [2.24, 2.45) is 0 Å². The monoisotopic (exact) mass is 356 g/mol. The molecule has 0 aromatic heterocycles. The van der Waals surface area contributed by atoms with Crippen LogP contribution in [0.4, 0.5) is 0 Å². The van der Waals surface area contributed by atoms with Gasteiger partial charge in [-0.2, -0.15) is 0 Å². The zero-order valence-electron chi connectivity index (χ0n) is 12.6. The first-order valence-corrected chi connectivity index (χ1v) is 8.24. The Morgan fingerprint density at radius 2 is 0.826 bits per heavy atom. The number of benzene rings is 2. The second kappa shape index (κ2) is 10.3. The summed E-state index contributed by atoms with van der Waals surface area (Å²) in [4.78, 5) is 0. The maximum atomic E-state index is 2.22. The van der Waals surface area contributed by atoms with Crippen LogP contribution < -0.4 is 0 Å². The van der Waals surface area contributed by atoms with E-state index in [0.29, 0.717) is 0 Å². The maximum absolute atomic E-state index is 2.22. The van der Waals surface area contributed by atoms with Crippen molar-refractivity contribution in [2.45, 2.75) is 0 Å². The third-order valence-corrected chi connectivity index (χ3v) is 4.63. The summed E-state index contributed by atoms with van der Waals surface area (Å²) in [5.41, 5.74) is 5.39. The summed E-state index contributed by atoms with van der Waals surface area (Å²) in [5.74, 6) is 0. The van der Waals surface area contributed by atoms with Crippen LogP contribution in [-0.2, 0) is 17.1 Å². The average molecular weight is 356 g/mol. The molecule has 0 bridgehead atoms. The van der Waals surface area contributed by atoms with E-state index in [1.165, 1.54) is 31.0 Å². The van der Waals surface area contributed by atoms with Gasteiger partial charge in [0.15, 0.2) is 0 Å². The van der Waals surface area contributed by atoms with Gasteiger partial charge in [0, 0.05) is 28.4 Å². The number of hydrogen-bond donors (Lipinski definition) is 0. The molecule has 1 saturated heterocycles. The number of hydrogen-bond acceptors (Lipinski definition) is 0. The van der Waals surface area contributed by atoms with Gasteiger partial charge in [-0.1, -0.05) is 69.2 Å². The van der Waals surface area contributed by atoms with Gasteiger partial charge in [0.25, 0.3) is 0 Å². The second-order valence-electron chi connectivity index (χ2n) is 4.91. The van der Waals surface area contributed by atoms with Gasteiger partial charge < -0.3 is 0 Å². The summed E-state index contributed by atoms with van der Waals surface area (Å²) in [6, 6.07) is 21.1. The molecule has 0 nitrogen and oxygen atoms in total. The van der Waals surface area contributed by atoms with Crippen LogP contribution in [0.2, 0.25) is 0 Å². The fourth-order valence-corrected chi connectivity index (χ4v) is 3.34. The van der Waals surface area contributed by atoms with Crippen LogP contribution in [0.5, 0.6) is 0 Å². The molecule has 1 saturated carbocycles. The van der Waals surface area contributed by atoms with E-state index in [2.05, 4.69) is 73.5 Å². The molecule has 0 unspecified atom stereocenters. The van der Waals surface area contributed by atoms with E-state index in [1.54, 1.807) is 0 Å². The van der Waals surface area contributed by atoms with Crippen LogP contribution in [0.15, 0.2) is 60.7 Å². The molecule has 0 atom stereocenters. The van der Waals surface area contributed by atoms with Crippen LogP contribution >= 0.6 is 8.58 Å². The molecule has 2 aliphatic rings. The molecule has 10 radical (unpaired) electrons. The van der Waals surface area contributed by atoms with E-state index in [4.69, 9.17) is 0 Å². The van der Waals surface area contributed by atoms with Crippen LogP contribution in [-0.4, -0.2) is 0 Å². The predicted molar refractivity (Wildman–Crippen MR) is 94.6 cm³/mol. The van der Waals surface area contributed by atoms with Gasteiger partial charge in [0.2, 0.25) is 0 Å². The van der Waals surface area contributed by atoms with Crippen LogP contribution in [0.1, 0.15) is 11.1 Å². The third kappa shape index (κ3) is 5.75. The Morgan fingerprint density at radius 3 is 1.17 bits per heavy atom. The van der Waals surface area contributed by atoms with Crippen molar-refractivity contribution < 1.29 is 17.1 Å². The third-order valence-electron chi connectivity index (χ3n) is 3.33. The standard InChI is InChI=1S/C16H12P.C5H5.Fe/c1-3-7-13(8-4-1)15-11-12-16(17-15)14-9-5-2-6-10-14;1-2-4-5-3-1;/h1-12H;1-5H;. The molecule has 1 aliphatic heterocycles. The van der Waals surface area contributed by atoms with Gasteiger partial charge in [0.1, 0.15) is 0 Å². The molecule has 23 heavy (non-hydrogen) atoms. The SMILES string of the molecule is [CH]1[CH][CH][CH][CH]1.[CH]1[CH][C](c2ccccc2)[P][C]1c1ccccc1.[Fe]. The molecule has 2 heteroatoms. The molecule has 2 aromatic carbocycles. The Balaban J connectivity index is 0.000000276. The Kier molecular flexibility index (Phi) is 8.38. The van der Waals surface area contributed by atoms with E-state index in [9.17, 15) is 0 Å². The van der Waals surface area contributed by atoms with Crippen molar-refractivity contribution in [2.75, 3.05) is 0 Å². The average Bonchev–Trinajstić information content (AvgIpc) is 3.31. The van der Waals surface area contributed by atoms with Crippen molar-refractivity contribution >= 4 is 8.58 Å². The zero-order chi connectivity index (χ0) is 15.0. The number of rotatable bonds is 2. The minimum Gasteiger partial charge on any atom is -0.0622 e. The van der Waals surface area contributed by atoms with E-state index >= 15 is 0 Å². The van der Waals surface area contributed by atoms with Crippen LogP contribution in [0.3, 0.4) is 0 Å². The van der Waals surface area contributed by atoms with Crippen molar-refractivity contribution in [3.05, 3.63) is 128 Å². The van der Waals surface area contributed by atoms with Gasteiger partial charge in [-0.25, -0.2) is 0 Å². The Labute approximate surface area is 153 Å². The topological polar surface area (TPSA) is 0 Å². The van der Waals surface area contributed by atoms with Gasteiger partial charge >= 0.3 is 0 Å². The molecule has 2 aromatic rings. The normalized spacial score (nSPS) is 18.1. The molecule has 0 spiro atoms. The molecular weight excluding hydrogens is 339 g/mol. The van der Waals surface area contributed by atoms with Gasteiger partial charge in [-0.05, 0) is 56.1 Å². The quantitative estimate of drug-likeness (QED) is 0.490. The van der Waals surface area contributed by atoms with E-state index in [1.807, 2.05) is 32.1 Å². The van der Waals surface area contributed by atoms with Gasteiger partial charge in [0.05, 0.1) is 0 Å².